The summed E-state index contributed by atoms with van der Waals surface area (Å²) in [5, 5.41) is 0. The van der Waals surface area contributed by atoms with Crippen molar-refractivity contribution in [3.8, 4) is 0 Å². The Morgan fingerprint density at radius 3 is 1.47 bits per heavy atom. The average Bonchev–Trinajstić information content (AvgIpc) is 3.08. The number of hydrogen-bond acceptors (Lipinski definition) is 2. The number of aryl methyl sites for hydroxylation is 1. The number of nitrogens with zero attached hydrogens (tertiary/aromatic N) is 3. The van der Waals surface area contributed by atoms with Gasteiger partial charge in [-0.15, -0.1) is 0 Å². The Balaban J connectivity index is 1.79. The summed E-state index contributed by atoms with van der Waals surface area (Å²) in [7, 11) is 0. The molecular weight excluding hydrogens is 546 g/mol. The molecule has 0 radical (unpaired) electrons. The molecule has 0 heterocycles. The third kappa shape index (κ3) is 8.42. The second-order valence-electron chi connectivity index (χ2n) is 11.4. The smallest absolute Gasteiger partial charge is 0.199 e. The minimum absolute atomic E-state index is 1.00. The standard InChI is InChI=1S/C42H52N3/c1-8-43(9-2)38-27-21-35(22-28-38)41(34-19-17-33(7)18-20-34)15-14-16-42(36-23-29-39(30-24-36)44(10-3)11-4)37-25-31-40(32-26-37)45(12-5)13-6/h14-32H,8-13H2,1-7H3/q+1. The highest BCUT2D eigenvalue weighted by molar-refractivity contribution is 6.03. The molecule has 0 aliphatic heterocycles. The molecule has 0 saturated carbocycles. The van der Waals surface area contributed by atoms with Crippen molar-refractivity contribution < 1.29 is 4.58 Å². The molecule has 0 atom stereocenters. The maximum atomic E-state index is 2.39. The lowest BCUT2D eigenvalue weighted by Crippen LogP contribution is -2.21. The zero-order valence-corrected chi connectivity index (χ0v) is 28.6. The van der Waals surface area contributed by atoms with E-state index in [1.165, 1.54) is 56.1 Å². The summed E-state index contributed by atoms with van der Waals surface area (Å²) in [4.78, 5) is 4.78. The van der Waals surface area contributed by atoms with Crippen LogP contribution in [0.1, 0.15) is 63.8 Å². The minimum atomic E-state index is 1.00. The van der Waals surface area contributed by atoms with E-state index in [4.69, 9.17) is 0 Å². The van der Waals surface area contributed by atoms with Crippen LogP contribution in [-0.4, -0.2) is 49.6 Å². The molecule has 0 unspecified atom stereocenters. The van der Waals surface area contributed by atoms with Gasteiger partial charge < -0.3 is 9.80 Å². The summed E-state index contributed by atoms with van der Waals surface area (Å²) in [6.45, 7) is 21.4. The van der Waals surface area contributed by atoms with Crippen molar-refractivity contribution in [1.29, 1.82) is 0 Å². The van der Waals surface area contributed by atoms with Gasteiger partial charge in [0.2, 0.25) is 0 Å². The summed E-state index contributed by atoms with van der Waals surface area (Å²) in [6, 6.07) is 26.9. The van der Waals surface area contributed by atoms with Crippen molar-refractivity contribution in [2.75, 3.05) is 49.1 Å². The summed E-state index contributed by atoms with van der Waals surface area (Å²) < 4.78 is 2.39. The maximum absolute atomic E-state index is 2.39. The summed E-state index contributed by atoms with van der Waals surface area (Å²) >= 11 is 0. The monoisotopic (exact) mass is 598 g/mol. The molecule has 234 valence electrons. The fourth-order valence-corrected chi connectivity index (χ4v) is 6.01. The molecule has 0 bridgehead atoms. The van der Waals surface area contributed by atoms with E-state index in [-0.39, 0.29) is 0 Å². The molecule has 1 aliphatic rings. The van der Waals surface area contributed by atoms with Crippen molar-refractivity contribution in [2.24, 2.45) is 0 Å². The first kappa shape index (κ1) is 33.5. The van der Waals surface area contributed by atoms with Gasteiger partial charge in [-0.3, -0.25) is 0 Å². The molecule has 0 spiro atoms. The molecule has 0 fully saturated rings. The van der Waals surface area contributed by atoms with E-state index < -0.39 is 0 Å². The zero-order chi connectivity index (χ0) is 32.2. The molecule has 0 aromatic heterocycles. The Kier molecular flexibility index (Phi) is 12.4. The van der Waals surface area contributed by atoms with Crippen LogP contribution in [0.15, 0.2) is 121 Å². The van der Waals surface area contributed by atoms with Gasteiger partial charge in [0.25, 0.3) is 0 Å². The summed E-state index contributed by atoms with van der Waals surface area (Å²) in [6.07, 6.45) is 15.8. The van der Waals surface area contributed by atoms with E-state index in [0.717, 1.165) is 39.3 Å². The molecule has 1 aliphatic carbocycles. The third-order valence-corrected chi connectivity index (χ3v) is 8.81. The normalized spacial score (nSPS) is 13.1. The summed E-state index contributed by atoms with van der Waals surface area (Å²) in [5.41, 5.74) is 12.3. The van der Waals surface area contributed by atoms with E-state index in [2.05, 4.69) is 178 Å². The Morgan fingerprint density at radius 2 is 1.02 bits per heavy atom. The van der Waals surface area contributed by atoms with Crippen LogP contribution in [0.3, 0.4) is 0 Å². The Bertz CT molecular complexity index is 1550. The first-order valence-corrected chi connectivity index (χ1v) is 16.8. The van der Waals surface area contributed by atoms with Crippen LogP contribution in [0.2, 0.25) is 0 Å². The van der Waals surface area contributed by atoms with E-state index in [1.807, 2.05) is 0 Å². The quantitative estimate of drug-likeness (QED) is 0.143. The fraction of sp³-hybridized carbons (Fsp3) is 0.310. The Morgan fingerprint density at radius 1 is 0.578 bits per heavy atom. The number of benzene rings is 3. The van der Waals surface area contributed by atoms with Crippen LogP contribution < -0.4 is 9.80 Å². The van der Waals surface area contributed by atoms with Gasteiger partial charge in [-0.2, -0.15) is 0 Å². The first-order chi connectivity index (χ1) is 22.0. The predicted molar refractivity (Wildman–Crippen MR) is 199 cm³/mol. The molecule has 3 nitrogen and oxygen atoms in total. The highest BCUT2D eigenvalue weighted by Gasteiger charge is 2.13. The van der Waals surface area contributed by atoms with Gasteiger partial charge in [0.15, 0.2) is 5.71 Å². The zero-order valence-electron chi connectivity index (χ0n) is 28.6. The number of allylic oxidation sites excluding steroid dienone is 9. The van der Waals surface area contributed by atoms with Gasteiger partial charge in [-0.1, -0.05) is 72.3 Å². The number of hydrogen-bond donors (Lipinski definition) is 0. The molecule has 3 aromatic carbocycles. The Hall–Kier alpha value is -4.37. The van der Waals surface area contributed by atoms with Crippen LogP contribution >= 0.6 is 0 Å². The van der Waals surface area contributed by atoms with Gasteiger partial charge in [0, 0.05) is 49.7 Å². The predicted octanol–water partition coefficient (Wildman–Crippen LogP) is 9.75. The largest absolute Gasteiger partial charge is 0.372 e. The first-order valence-electron chi connectivity index (χ1n) is 16.8. The SMILES string of the molecule is CCN(CC)c1ccc(C(/C=C/C=C(/c2ccc(C)cc2)c2ccc(N(CC)CC)cc2)=C2C=CC(=[N+](CC)CC)C=C2)cc1. The number of anilines is 2. The molecular formula is C42H52N3+. The van der Waals surface area contributed by atoms with E-state index in [1.54, 1.807) is 0 Å². The van der Waals surface area contributed by atoms with Crippen LogP contribution in [0.4, 0.5) is 11.4 Å². The van der Waals surface area contributed by atoms with Crippen molar-refractivity contribution in [1.82, 2.24) is 0 Å². The van der Waals surface area contributed by atoms with Crippen LogP contribution in [0.25, 0.3) is 11.1 Å². The van der Waals surface area contributed by atoms with E-state index >= 15 is 0 Å². The van der Waals surface area contributed by atoms with E-state index in [9.17, 15) is 0 Å². The average molecular weight is 599 g/mol. The van der Waals surface area contributed by atoms with Gasteiger partial charge in [0.05, 0.1) is 0 Å². The van der Waals surface area contributed by atoms with Crippen LogP contribution in [0.5, 0.6) is 0 Å². The maximum Gasteiger partial charge on any atom is 0.199 e. The van der Waals surface area contributed by atoms with Crippen molar-refractivity contribution in [3.05, 3.63) is 143 Å². The summed E-state index contributed by atoms with van der Waals surface area (Å²) in [5.74, 6) is 0. The lowest BCUT2D eigenvalue weighted by Gasteiger charge is -2.21. The second kappa shape index (κ2) is 16.6. The lowest BCUT2D eigenvalue weighted by atomic mass is 9.94. The van der Waals surface area contributed by atoms with Crippen molar-refractivity contribution >= 4 is 28.2 Å². The fourth-order valence-electron chi connectivity index (χ4n) is 6.01. The van der Waals surface area contributed by atoms with E-state index in [0.29, 0.717) is 0 Å². The highest BCUT2D eigenvalue weighted by atomic mass is 15.1. The topological polar surface area (TPSA) is 9.49 Å². The molecule has 4 rings (SSSR count). The third-order valence-electron chi connectivity index (χ3n) is 8.81. The number of rotatable bonds is 13. The molecule has 0 N–H and O–H groups in total. The van der Waals surface area contributed by atoms with Crippen LogP contribution in [-0.2, 0) is 0 Å². The van der Waals surface area contributed by atoms with Gasteiger partial charge in [0.1, 0.15) is 13.1 Å². The lowest BCUT2D eigenvalue weighted by molar-refractivity contribution is -0.519. The van der Waals surface area contributed by atoms with Crippen molar-refractivity contribution in [2.45, 2.75) is 48.5 Å². The minimum Gasteiger partial charge on any atom is -0.372 e. The second-order valence-corrected chi connectivity index (χ2v) is 11.4. The molecule has 0 amide bonds. The molecule has 45 heavy (non-hydrogen) atoms. The Labute approximate surface area is 272 Å². The highest BCUT2D eigenvalue weighted by Crippen LogP contribution is 2.29. The van der Waals surface area contributed by atoms with Gasteiger partial charge >= 0.3 is 0 Å². The van der Waals surface area contributed by atoms with Crippen LogP contribution in [0, 0.1) is 6.92 Å². The molecule has 3 aromatic rings. The van der Waals surface area contributed by atoms with Gasteiger partial charge in [-0.05, 0) is 118 Å². The van der Waals surface area contributed by atoms with Crippen molar-refractivity contribution in [3.63, 3.8) is 0 Å². The molecule has 3 heteroatoms. The van der Waals surface area contributed by atoms with Gasteiger partial charge in [-0.25, -0.2) is 4.58 Å². The molecule has 0 saturated heterocycles.